The van der Waals surface area contributed by atoms with Gasteiger partial charge in [0.2, 0.25) is 0 Å². The topological polar surface area (TPSA) is 116 Å². The van der Waals surface area contributed by atoms with E-state index in [4.69, 9.17) is 9.47 Å². The summed E-state index contributed by atoms with van der Waals surface area (Å²) in [5, 5.41) is 37.8. The first-order valence-electron chi connectivity index (χ1n) is 7.50. The Balaban J connectivity index is 2.23. The summed E-state index contributed by atoms with van der Waals surface area (Å²) < 4.78 is 9.87. The van der Waals surface area contributed by atoms with E-state index in [1.165, 1.54) is 0 Å². The second-order valence-corrected chi connectivity index (χ2v) is 5.38. The fourth-order valence-electron chi connectivity index (χ4n) is 2.19. The first-order valence-corrected chi connectivity index (χ1v) is 7.50. The smallest absolute Gasteiger partial charge is 0.305 e. The molecule has 1 aliphatic heterocycles. The number of rotatable bonds is 8. The van der Waals surface area contributed by atoms with Crippen molar-refractivity contribution >= 4 is 5.97 Å². The van der Waals surface area contributed by atoms with Gasteiger partial charge in [0.1, 0.15) is 31.0 Å². The molecule has 0 bridgehead atoms. The van der Waals surface area contributed by atoms with E-state index in [1.807, 2.05) is 0 Å². The van der Waals surface area contributed by atoms with Gasteiger partial charge in [0.05, 0.1) is 0 Å². The van der Waals surface area contributed by atoms with Gasteiger partial charge in [-0.05, 0) is 6.42 Å². The van der Waals surface area contributed by atoms with E-state index in [2.05, 4.69) is 6.92 Å². The number of carbonyl (C=O) groups is 1. The maximum absolute atomic E-state index is 11.5. The average Bonchev–Trinajstić information content (AvgIpc) is 2.47. The number of aliphatic hydroxyl groups is 4. The lowest BCUT2D eigenvalue weighted by Gasteiger charge is -2.37. The fourth-order valence-corrected chi connectivity index (χ4v) is 2.19. The van der Waals surface area contributed by atoms with E-state index in [-0.39, 0.29) is 6.61 Å². The Morgan fingerprint density at radius 2 is 1.67 bits per heavy atom. The highest BCUT2D eigenvalue weighted by Crippen LogP contribution is 2.20. The molecule has 7 heteroatoms. The van der Waals surface area contributed by atoms with Crippen LogP contribution in [0.2, 0.25) is 0 Å². The molecule has 0 unspecified atom stereocenters. The zero-order valence-electron chi connectivity index (χ0n) is 12.4. The summed E-state index contributed by atoms with van der Waals surface area (Å²) in [6.07, 6.45) is -1.81. The Bertz CT molecular complexity index is 310. The number of ether oxygens (including phenoxy) is 2. The fraction of sp³-hybridized carbons (Fsp3) is 0.929. The van der Waals surface area contributed by atoms with Crippen LogP contribution in [0.15, 0.2) is 0 Å². The van der Waals surface area contributed by atoms with Gasteiger partial charge in [0, 0.05) is 6.42 Å². The van der Waals surface area contributed by atoms with Crippen molar-refractivity contribution < 1.29 is 34.7 Å². The Morgan fingerprint density at radius 3 is 2.33 bits per heavy atom. The van der Waals surface area contributed by atoms with E-state index < -0.39 is 36.7 Å². The number of esters is 1. The van der Waals surface area contributed by atoms with Gasteiger partial charge in [-0.2, -0.15) is 0 Å². The highest BCUT2D eigenvalue weighted by Gasteiger charge is 2.43. The monoisotopic (exact) mass is 306 g/mol. The first-order chi connectivity index (χ1) is 9.97. The van der Waals surface area contributed by atoms with Crippen molar-refractivity contribution in [2.24, 2.45) is 0 Å². The quantitative estimate of drug-likeness (QED) is 0.359. The summed E-state index contributed by atoms with van der Waals surface area (Å²) >= 11 is 0. The molecule has 0 aromatic carbocycles. The highest BCUT2D eigenvalue weighted by molar-refractivity contribution is 5.69. The van der Waals surface area contributed by atoms with Crippen LogP contribution in [-0.4, -0.2) is 63.7 Å². The predicted molar refractivity (Wildman–Crippen MR) is 73.2 cm³/mol. The zero-order valence-corrected chi connectivity index (χ0v) is 12.4. The number of unbranched alkanes of at least 4 members (excludes halogenated alkanes) is 4. The summed E-state index contributed by atoms with van der Waals surface area (Å²) in [5.41, 5.74) is 0. The first kappa shape index (κ1) is 18.3. The molecule has 21 heavy (non-hydrogen) atoms. The Kier molecular flexibility index (Phi) is 8.13. The molecule has 5 atom stereocenters. The van der Waals surface area contributed by atoms with Crippen molar-refractivity contribution in [3.05, 3.63) is 0 Å². The van der Waals surface area contributed by atoms with E-state index in [0.717, 1.165) is 32.1 Å². The third-order valence-corrected chi connectivity index (χ3v) is 3.58. The average molecular weight is 306 g/mol. The molecule has 124 valence electrons. The van der Waals surface area contributed by atoms with Gasteiger partial charge >= 0.3 is 5.97 Å². The maximum Gasteiger partial charge on any atom is 0.305 e. The van der Waals surface area contributed by atoms with Crippen LogP contribution in [0.25, 0.3) is 0 Å². The molecule has 0 saturated carbocycles. The van der Waals surface area contributed by atoms with E-state index in [0.29, 0.717) is 6.42 Å². The SMILES string of the molecule is CCCCCCCC(=O)OC[C@H]1O[C@H](O)[C@H](O)[C@@H](O)[C@H]1O. The van der Waals surface area contributed by atoms with Crippen LogP contribution in [0, 0.1) is 0 Å². The number of aliphatic hydroxyl groups excluding tert-OH is 4. The Hall–Kier alpha value is -0.730. The third-order valence-electron chi connectivity index (χ3n) is 3.58. The molecule has 7 nitrogen and oxygen atoms in total. The van der Waals surface area contributed by atoms with Crippen molar-refractivity contribution in [3.63, 3.8) is 0 Å². The van der Waals surface area contributed by atoms with Crippen LogP contribution in [-0.2, 0) is 14.3 Å². The van der Waals surface area contributed by atoms with E-state index in [9.17, 15) is 25.2 Å². The van der Waals surface area contributed by atoms with Gasteiger partial charge in [-0.3, -0.25) is 4.79 Å². The lowest BCUT2D eigenvalue weighted by molar-refractivity contribution is -0.287. The van der Waals surface area contributed by atoms with Crippen LogP contribution < -0.4 is 0 Å². The van der Waals surface area contributed by atoms with Crippen LogP contribution in [0.4, 0.5) is 0 Å². The van der Waals surface area contributed by atoms with E-state index >= 15 is 0 Å². The molecule has 1 fully saturated rings. The molecule has 0 aliphatic carbocycles. The normalized spacial score (nSPS) is 32.9. The summed E-state index contributed by atoms with van der Waals surface area (Å²) in [6.45, 7) is 1.85. The summed E-state index contributed by atoms with van der Waals surface area (Å²) in [5.74, 6) is -0.405. The summed E-state index contributed by atoms with van der Waals surface area (Å²) in [6, 6.07) is 0. The minimum atomic E-state index is -1.61. The molecule has 0 amide bonds. The third kappa shape index (κ3) is 5.88. The van der Waals surface area contributed by atoms with Gasteiger partial charge in [0.15, 0.2) is 6.29 Å². The molecular formula is C14H26O7. The Morgan fingerprint density at radius 1 is 1.00 bits per heavy atom. The molecule has 0 aromatic rings. The second-order valence-electron chi connectivity index (χ2n) is 5.38. The summed E-state index contributed by atoms with van der Waals surface area (Å²) in [7, 11) is 0. The van der Waals surface area contributed by atoms with Gasteiger partial charge < -0.3 is 29.9 Å². The molecule has 1 aliphatic rings. The lowest BCUT2D eigenvalue weighted by atomic mass is 9.99. The zero-order chi connectivity index (χ0) is 15.8. The lowest BCUT2D eigenvalue weighted by Crippen LogP contribution is -2.58. The molecule has 1 heterocycles. The van der Waals surface area contributed by atoms with Crippen LogP contribution >= 0.6 is 0 Å². The van der Waals surface area contributed by atoms with Gasteiger partial charge in [0.25, 0.3) is 0 Å². The molecule has 0 aromatic heterocycles. The Labute approximate surface area is 124 Å². The highest BCUT2D eigenvalue weighted by atomic mass is 16.6. The number of hydrogen-bond acceptors (Lipinski definition) is 7. The van der Waals surface area contributed by atoms with Gasteiger partial charge in [-0.25, -0.2) is 0 Å². The van der Waals surface area contributed by atoms with Crippen LogP contribution in [0.3, 0.4) is 0 Å². The second kappa shape index (κ2) is 9.32. The van der Waals surface area contributed by atoms with Crippen LogP contribution in [0.5, 0.6) is 0 Å². The van der Waals surface area contributed by atoms with Crippen molar-refractivity contribution in [2.45, 2.75) is 76.2 Å². The van der Waals surface area contributed by atoms with Gasteiger partial charge in [-0.15, -0.1) is 0 Å². The molecular weight excluding hydrogens is 280 g/mol. The minimum absolute atomic E-state index is 0.268. The van der Waals surface area contributed by atoms with Crippen molar-refractivity contribution in [1.82, 2.24) is 0 Å². The molecule has 0 radical (unpaired) electrons. The molecule has 0 spiro atoms. The number of carbonyl (C=O) groups excluding carboxylic acids is 1. The number of hydrogen-bond donors (Lipinski definition) is 4. The molecule has 1 saturated heterocycles. The van der Waals surface area contributed by atoms with Crippen molar-refractivity contribution in [3.8, 4) is 0 Å². The van der Waals surface area contributed by atoms with Gasteiger partial charge in [-0.1, -0.05) is 32.6 Å². The van der Waals surface area contributed by atoms with Crippen molar-refractivity contribution in [1.29, 1.82) is 0 Å². The summed E-state index contributed by atoms with van der Waals surface area (Å²) in [4.78, 5) is 11.5. The maximum atomic E-state index is 11.5. The largest absolute Gasteiger partial charge is 0.463 e. The standard InChI is InChI=1S/C14H26O7/c1-2-3-4-5-6-7-10(15)20-8-9-11(16)12(17)13(18)14(19)21-9/h9,11-14,16-19H,2-8H2,1H3/t9-,11+,12+,13-,14+/m1/s1. The predicted octanol–water partition coefficient (Wildman–Crippen LogP) is -0.310. The van der Waals surface area contributed by atoms with Crippen molar-refractivity contribution in [2.75, 3.05) is 6.61 Å². The van der Waals surface area contributed by atoms with Crippen LogP contribution in [0.1, 0.15) is 45.4 Å². The minimum Gasteiger partial charge on any atom is -0.463 e. The molecule has 4 N–H and O–H groups in total. The van der Waals surface area contributed by atoms with E-state index in [1.54, 1.807) is 0 Å². The molecule has 1 rings (SSSR count).